The van der Waals surface area contributed by atoms with Crippen LogP contribution in [0.25, 0.3) is 0 Å². The first kappa shape index (κ1) is 14.2. The van der Waals surface area contributed by atoms with Gasteiger partial charge in [0, 0.05) is 26.1 Å². The fraction of sp³-hybridized carbons (Fsp3) is 0.889. The minimum Gasteiger partial charge on any atom is -0.388 e. The number of unbranched alkanes of at least 4 members (excludes halogenated alkanes) is 1. The summed E-state index contributed by atoms with van der Waals surface area (Å²) in [6, 6.07) is 0. The Morgan fingerprint density at radius 3 is 2.27 bits per heavy atom. The molecule has 0 rings (SSSR count). The van der Waals surface area contributed by atoms with E-state index in [2.05, 4.69) is 0 Å². The Morgan fingerprint density at radius 2 is 1.73 bits per heavy atom. The van der Waals surface area contributed by atoms with Crippen LogP contribution in [0.1, 0.15) is 32.1 Å². The molecular formula is C9H17F3N2O. The maximum Gasteiger partial charge on any atom is 0.389 e. The van der Waals surface area contributed by atoms with Crippen LogP contribution in [0.2, 0.25) is 0 Å². The quantitative estimate of drug-likeness (QED) is 0.379. The maximum atomic E-state index is 11.7. The molecule has 15 heavy (non-hydrogen) atoms. The molecule has 0 unspecified atom stereocenters. The molecule has 0 aliphatic heterocycles. The van der Waals surface area contributed by atoms with Crippen molar-refractivity contribution in [1.82, 2.24) is 0 Å². The minimum atomic E-state index is -4.09. The van der Waals surface area contributed by atoms with E-state index in [0.717, 1.165) is 12.8 Å². The van der Waals surface area contributed by atoms with E-state index in [1.165, 1.54) is 0 Å². The second-order valence-corrected chi connectivity index (χ2v) is 3.31. The first-order valence-electron chi connectivity index (χ1n) is 4.89. The zero-order valence-corrected chi connectivity index (χ0v) is 8.57. The van der Waals surface area contributed by atoms with Crippen LogP contribution in [0.4, 0.5) is 13.2 Å². The van der Waals surface area contributed by atoms with Crippen LogP contribution in [0.15, 0.2) is 0 Å². The van der Waals surface area contributed by atoms with Gasteiger partial charge in [0.1, 0.15) is 0 Å². The van der Waals surface area contributed by atoms with Gasteiger partial charge in [0.2, 0.25) is 0 Å². The molecule has 90 valence electrons. The van der Waals surface area contributed by atoms with Crippen LogP contribution < -0.4 is 5.73 Å². The van der Waals surface area contributed by atoms with E-state index in [0.29, 0.717) is 13.0 Å². The Hall–Kier alpha value is -0.780. The molecule has 0 aromatic carbocycles. The summed E-state index contributed by atoms with van der Waals surface area (Å²) in [6.45, 7) is 0.574. The van der Waals surface area contributed by atoms with E-state index in [4.69, 9.17) is 15.9 Å². The van der Waals surface area contributed by atoms with E-state index in [1.54, 1.807) is 0 Å². The molecule has 0 fully saturated rings. The predicted octanol–water partition coefficient (Wildman–Crippen LogP) is 2.45. The SMILES string of the molecule is N=C(N)CCCCOCCCC(F)(F)F. The number of rotatable bonds is 8. The van der Waals surface area contributed by atoms with Gasteiger partial charge < -0.3 is 10.5 Å². The van der Waals surface area contributed by atoms with Crippen LogP contribution in [0, 0.1) is 5.41 Å². The zero-order valence-electron chi connectivity index (χ0n) is 8.57. The molecule has 0 saturated heterocycles. The minimum absolute atomic E-state index is 0.0101. The van der Waals surface area contributed by atoms with Crippen molar-refractivity contribution in [1.29, 1.82) is 5.41 Å². The van der Waals surface area contributed by atoms with Gasteiger partial charge in [-0.1, -0.05) is 0 Å². The predicted molar refractivity (Wildman–Crippen MR) is 51.9 cm³/mol. The molecule has 0 aliphatic carbocycles. The first-order chi connectivity index (χ1) is 6.92. The number of nitrogens with two attached hydrogens (primary N) is 1. The fourth-order valence-electron chi connectivity index (χ4n) is 0.996. The lowest BCUT2D eigenvalue weighted by Crippen LogP contribution is -2.10. The lowest BCUT2D eigenvalue weighted by Gasteiger charge is -2.06. The van der Waals surface area contributed by atoms with Crippen molar-refractivity contribution in [3.05, 3.63) is 0 Å². The molecule has 0 saturated carbocycles. The number of nitrogens with one attached hydrogen (secondary N) is 1. The second kappa shape index (κ2) is 7.50. The Labute approximate surface area is 87.3 Å². The highest BCUT2D eigenvalue weighted by Crippen LogP contribution is 2.20. The molecule has 0 aliphatic rings. The molecule has 0 bridgehead atoms. The van der Waals surface area contributed by atoms with E-state index in [1.807, 2.05) is 0 Å². The van der Waals surface area contributed by atoms with Crippen LogP contribution in [-0.2, 0) is 4.74 Å². The molecule has 3 nitrogen and oxygen atoms in total. The second-order valence-electron chi connectivity index (χ2n) is 3.31. The van der Waals surface area contributed by atoms with Crippen LogP contribution >= 0.6 is 0 Å². The summed E-state index contributed by atoms with van der Waals surface area (Å²) < 4.78 is 40.0. The molecular weight excluding hydrogens is 209 g/mol. The third-order valence-corrected chi connectivity index (χ3v) is 1.73. The highest BCUT2D eigenvalue weighted by molar-refractivity contribution is 5.76. The van der Waals surface area contributed by atoms with Crippen LogP contribution in [-0.4, -0.2) is 25.2 Å². The normalized spacial score (nSPS) is 11.7. The van der Waals surface area contributed by atoms with Crippen molar-refractivity contribution in [2.75, 3.05) is 13.2 Å². The number of ether oxygens (including phenoxy) is 1. The summed E-state index contributed by atoms with van der Waals surface area (Å²) in [5.41, 5.74) is 5.12. The number of halogens is 3. The third kappa shape index (κ3) is 13.2. The molecule has 0 aromatic rings. The van der Waals surface area contributed by atoms with Gasteiger partial charge in [-0.25, -0.2) is 0 Å². The van der Waals surface area contributed by atoms with Crippen molar-refractivity contribution in [3.63, 3.8) is 0 Å². The number of hydrogen-bond acceptors (Lipinski definition) is 2. The molecule has 0 spiro atoms. The Bertz CT molecular complexity index is 183. The average Bonchev–Trinajstić information content (AvgIpc) is 2.07. The Kier molecular flexibility index (Phi) is 7.11. The summed E-state index contributed by atoms with van der Waals surface area (Å²) in [5.74, 6) is 0.132. The van der Waals surface area contributed by atoms with E-state index in [-0.39, 0.29) is 18.9 Å². The van der Waals surface area contributed by atoms with Crippen LogP contribution in [0.5, 0.6) is 0 Å². The van der Waals surface area contributed by atoms with E-state index < -0.39 is 12.6 Å². The molecule has 0 atom stereocenters. The zero-order chi connectivity index (χ0) is 11.7. The maximum absolute atomic E-state index is 11.7. The summed E-state index contributed by atoms with van der Waals surface area (Å²) in [6.07, 6.45) is -2.87. The Morgan fingerprint density at radius 1 is 1.13 bits per heavy atom. The lowest BCUT2D eigenvalue weighted by atomic mass is 10.2. The summed E-state index contributed by atoms with van der Waals surface area (Å²) in [7, 11) is 0. The summed E-state index contributed by atoms with van der Waals surface area (Å²) >= 11 is 0. The largest absolute Gasteiger partial charge is 0.389 e. The van der Waals surface area contributed by atoms with Gasteiger partial charge in [0.05, 0.1) is 5.84 Å². The van der Waals surface area contributed by atoms with E-state index >= 15 is 0 Å². The number of hydrogen-bond donors (Lipinski definition) is 2. The van der Waals surface area contributed by atoms with Gasteiger partial charge in [0.15, 0.2) is 0 Å². The van der Waals surface area contributed by atoms with Crippen molar-refractivity contribution in [3.8, 4) is 0 Å². The third-order valence-electron chi connectivity index (χ3n) is 1.73. The Balaban J connectivity index is 3.09. The van der Waals surface area contributed by atoms with Crippen LogP contribution in [0.3, 0.4) is 0 Å². The van der Waals surface area contributed by atoms with Crippen molar-refractivity contribution >= 4 is 5.84 Å². The van der Waals surface area contributed by atoms with Gasteiger partial charge in [-0.3, -0.25) is 5.41 Å². The standard InChI is InChI=1S/C9H17F3N2O/c10-9(11,12)5-3-7-15-6-2-1-4-8(13)14/h1-7H2,(H3,13,14). The highest BCUT2D eigenvalue weighted by atomic mass is 19.4. The topological polar surface area (TPSA) is 59.1 Å². The lowest BCUT2D eigenvalue weighted by molar-refractivity contribution is -0.137. The molecule has 0 amide bonds. The average molecular weight is 226 g/mol. The molecule has 0 aromatic heterocycles. The smallest absolute Gasteiger partial charge is 0.388 e. The molecule has 0 radical (unpaired) electrons. The van der Waals surface area contributed by atoms with Gasteiger partial charge in [-0.05, 0) is 19.3 Å². The summed E-state index contributed by atoms with van der Waals surface area (Å²) in [4.78, 5) is 0. The van der Waals surface area contributed by atoms with Gasteiger partial charge in [-0.2, -0.15) is 13.2 Å². The van der Waals surface area contributed by atoms with E-state index in [9.17, 15) is 13.2 Å². The van der Waals surface area contributed by atoms with Crippen molar-refractivity contribution in [2.45, 2.75) is 38.3 Å². The van der Waals surface area contributed by atoms with Crippen molar-refractivity contribution in [2.24, 2.45) is 5.73 Å². The fourth-order valence-corrected chi connectivity index (χ4v) is 0.996. The number of alkyl halides is 3. The molecule has 6 heteroatoms. The van der Waals surface area contributed by atoms with Gasteiger partial charge in [-0.15, -0.1) is 0 Å². The monoisotopic (exact) mass is 226 g/mol. The molecule has 3 N–H and O–H groups in total. The number of amidine groups is 1. The first-order valence-corrected chi connectivity index (χ1v) is 4.89. The van der Waals surface area contributed by atoms with Crippen molar-refractivity contribution < 1.29 is 17.9 Å². The van der Waals surface area contributed by atoms with Gasteiger partial charge >= 0.3 is 6.18 Å². The molecule has 0 heterocycles. The highest BCUT2D eigenvalue weighted by Gasteiger charge is 2.25. The summed E-state index contributed by atoms with van der Waals surface area (Å²) in [5, 5.41) is 6.92. The van der Waals surface area contributed by atoms with Gasteiger partial charge in [0.25, 0.3) is 0 Å².